The summed E-state index contributed by atoms with van der Waals surface area (Å²) in [5, 5.41) is 3.96. The Kier molecular flexibility index (Phi) is 5.06. The SMILES string of the molecule is O=C(NC1CCN(c2ccccc2OC(F)F)C1)c1ccc2ccccc2n1. The van der Waals surface area contributed by atoms with Gasteiger partial charge in [0.25, 0.3) is 5.91 Å². The van der Waals surface area contributed by atoms with Gasteiger partial charge >= 0.3 is 6.61 Å². The Balaban J connectivity index is 1.44. The number of rotatable bonds is 5. The molecule has 0 bridgehead atoms. The van der Waals surface area contributed by atoms with Gasteiger partial charge in [0.15, 0.2) is 0 Å². The molecule has 0 spiro atoms. The number of nitrogens with zero attached hydrogens (tertiary/aromatic N) is 2. The van der Waals surface area contributed by atoms with E-state index in [4.69, 9.17) is 0 Å². The molecule has 4 rings (SSSR count). The Morgan fingerprint density at radius 3 is 2.75 bits per heavy atom. The summed E-state index contributed by atoms with van der Waals surface area (Å²) in [6, 6.07) is 17.8. The van der Waals surface area contributed by atoms with E-state index in [1.165, 1.54) is 6.07 Å². The van der Waals surface area contributed by atoms with Gasteiger partial charge in [0.05, 0.1) is 11.2 Å². The molecule has 1 saturated heterocycles. The third kappa shape index (κ3) is 3.88. The molecule has 1 amide bonds. The van der Waals surface area contributed by atoms with E-state index >= 15 is 0 Å². The molecule has 1 fully saturated rings. The van der Waals surface area contributed by atoms with Gasteiger partial charge in [0, 0.05) is 24.5 Å². The predicted octanol–water partition coefficient (Wildman–Crippen LogP) is 3.84. The van der Waals surface area contributed by atoms with Gasteiger partial charge in [-0.15, -0.1) is 0 Å². The first-order valence-electron chi connectivity index (χ1n) is 9.05. The first-order valence-corrected chi connectivity index (χ1v) is 9.05. The largest absolute Gasteiger partial charge is 0.433 e. The van der Waals surface area contributed by atoms with Gasteiger partial charge in [-0.1, -0.05) is 36.4 Å². The minimum absolute atomic E-state index is 0.0969. The molecule has 1 unspecified atom stereocenters. The lowest BCUT2D eigenvalue weighted by Gasteiger charge is -2.22. The molecule has 0 radical (unpaired) electrons. The molecular formula is C21H19F2N3O2. The third-order valence-electron chi connectivity index (χ3n) is 4.78. The van der Waals surface area contributed by atoms with Crippen LogP contribution in [-0.2, 0) is 0 Å². The number of hydrogen-bond donors (Lipinski definition) is 1. The zero-order valence-corrected chi connectivity index (χ0v) is 15.0. The van der Waals surface area contributed by atoms with Crippen LogP contribution in [0.4, 0.5) is 14.5 Å². The van der Waals surface area contributed by atoms with Crippen molar-refractivity contribution in [2.75, 3.05) is 18.0 Å². The highest BCUT2D eigenvalue weighted by molar-refractivity contribution is 5.95. The van der Waals surface area contributed by atoms with E-state index in [-0.39, 0.29) is 17.7 Å². The van der Waals surface area contributed by atoms with Crippen molar-refractivity contribution in [3.05, 3.63) is 66.4 Å². The second-order valence-corrected chi connectivity index (χ2v) is 6.64. The molecule has 1 aliphatic heterocycles. The summed E-state index contributed by atoms with van der Waals surface area (Å²) < 4.78 is 29.9. The fourth-order valence-electron chi connectivity index (χ4n) is 3.46. The summed E-state index contributed by atoms with van der Waals surface area (Å²) in [6.45, 7) is -1.72. The van der Waals surface area contributed by atoms with E-state index in [1.54, 1.807) is 24.3 Å². The molecule has 2 heterocycles. The Hall–Kier alpha value is -3.22. The van der Waals surface area contributed by atoms with Gasteiger partial charge in [0.2, 0.25) is 0 Å². The quantitative estimate of drug-likeness (QED) is 0.727. The fraction of sp³-hybridized carbons (Fsp3) is 0.238. The monoisotopic (exact) mass is 383 g/mol. The molecule has 0 saturated carbocycles. The average Bonchev–Trinajstić information content (AvgIpc) is 3.15. The van der Waals surface area contributed by atoms with Crippen molar-refractivity contribution >= 4 is 22.5 Å². The van der Waals surface area contributed by atoms with Crippen molar-refractivity contribution in [1.82, 2.24) is 10.3 Å². The molecular weight excluding hydrogens is 364 g/mol. The number of amides is 1. The van der Waals surface area contributed by atoms with Gasteiger partial charge in [-0.25, -0.2) is 4.98 Å². The van der Waals surface area contributed by atoms with Gasteiger partial charge in [-0.3, -0.25) is 4.79 Å². The fourth-order valence-corrected chi connectivity index (χ4v) is 3.46. The molecule has 1 N–H and O–H groups in total. The molecule has 28 heavy (non-hydrogen) atoms. The number of alkyl halides is 2. The molecule has 3 aromatic rings. The van der Waals surface area contributed by atoms with Crippen molar-refractivity contribution in [3.63, 3.8) is 0 Å². The van der Waals surface area contributed by atoms with Crippen LogP contribution in [0.1, 0.15) is 16.9 Å². The van der Waals surface area contributed by atoms with Crippen LogP contribution in [0, 0.1) is 0 Å². The molecule has 1 aromatic heterocycles. The summed E-state index contributed by atoms with van der Waals surface area (Å²) in [6.07, 6.45) is 0.711. The minimum Gasteiger partial charge on any atom is -0.433 e. The van der Waals surface area contributed by atoms with Crippen LogP contribution in [0.15, 0.2) is 60.7 Å². The number of ether oxygens (including phenoxy) is 1. The maximum Gasteiger partial charge on any atom is 0.387 e. The van der Waals surface area contributed by atoms with Crippen LogP contribution in [0.5, 0.6) is 5.75 Å². The van der Waals surface area contributed by atoms with Crippen LogP contribution in [0.3, 0.4) is 0 Å². The summed E-state index contributed by atoms with van der Waals surface area (Å²) >= 11 is 0. The van der Waals surface area contributed by atoms with Crippen molar-refractivity contribution in [2.24, 2.45) is 0 Å². The number of hydrogen-bond acceptors (Lipinski definition) is 4. The Morgan fingerprint density at radius 1 is 1.11 bits per heavy atom. The number of pyridine rings is 1. The highest BCUT2D eigenvalue weighted by Gasteiger charge is 2.27. The first-order chi connectivity index (χ1) is 13.6. The van der Waals surface area contributed by atoms with Crippen molar-refractivity contribution in [3.8, 4) is 5.75 Å². The number of halogens is 2. The zero-order valence-electron chi connectivity index (χ0n) is 15.0. The molecule has 0 aliphatic carbocycles. The topological polar surface area (TPSA) is 54.5 Å². The van der Waals surface area contributed by atoms with Gasteiger partial charge < -0.3 is 15.0 Å². The summed E-state index contributed by atoms with van der Waals surface area (Å²) in [4.78, 5) is 18.9. The van der Waals surface area contributed by atoms with Crippen molar-refractivity contribution in [1.29, 1.82) is 0 Å². The molecule has 2 aromatic carbocycles. The number of benzene rings is 2. The van der Waals surface area contributed by atoms with Crippen LogP contribution >= 0.6 is 0 Å². The van der Waals surface area contributed by atoms with Gasteiger partial charge in [0.1, 0.15) is 11.4 Å². The van der Waals surface area contributed by atoms with Crippen LogP contribution in [0.2, 0.25) is 0 Å². The molecule has 144 valence electrons. The highest BCUT2D eigenvalue weighted by atomic mass is 19.3. The van der Waals surface area contributed by atoms with Crippen LogP contribution in [0.25, 0.3) is 10.9 Å². The molecule has 1 aliphatic rings. The number of carbonyl (C=O) groups excluding carboxylic acids is 1. The van der Waals surface area contributed by atoms with E-state index in [2.05, 4.69) is 15.0 Å². The van der Waals surface area contributed by atoms with Crippen LogP contribution in [-0.4, -0.2) is 36.6 Å². The minimum atomic E-state index is -2.88. The van der Waals surface area contributed by atoms with Gasteiger partial charge in [-0.2, -0.15) is 8.78 Å². The smallest absolute Gasteiger partial charge is 0.387 e. The van der Waals surface area contributed by atoms with E-state index in [9.17, 15) is 13.6 Å². The summed E-state index contributed by atoms with van der Waals surface area (Å²) in [7, 11) is 0. The average molecular weight is 383 g/mol. The van der Waals surface area contributed by atoms with E-state index in [0.717, 1.165) is 10.9 Å². The number of para-hydroxylation sites is 3. The number of anilines is 1. The van der Waals surface area contributed by atoms with Crippen LogP contribution < -0.4 is 15.0 Å². The second kappa shape index (κ2) is 7.80. The standard InChI is InChI=1S/C21H19F2N3O2/c22-21(23)28-19-8-4-3-7-18(19)26-12-11-15(13-26)24-20(27)17-10-9-14-5-1-2-6-16(14)25-17/h1-10,15,21H,11-13H2,(H,24,27). The number of fused-ring (bicyclic) bond motifs is 1. The van der Waals surface area contributed by atoms with Crippen molar-refractivity contribution in [2.45, 2.75) is 19.1 Å². The van der Waals surface area contributed by atoms with E-state index in [0.29, 0.717) is 30.9 Å². The van der Waals surface area contributed by atoms with Crippen molar-refractivity contribution < 1.29 is 18.3 Å². The van der Waals surface area contributed by atoms with Gasteiger partial charge in [-0.05, 0) is 30.7 Å². The summed E-state index contributed by atoms with van der Waals surface area (Å²) in [5.74, 6) is -0.101. The first kappa shape index (κ1) is 18.2. The van der Waals surface area contributed by atoms with E-state index in [1.807, 2.05) is 35.2 Å². The lowest BCUT2D eigenvalue weighted by molar-refractivity contribution is -0.0495. The Morgan fingerprint density at radius 2 is 1.89 bits per heavy atom. The third-order valence-corrected chi connectivity index (χ3v) is 4.78. The number of carbonyl (C=O) groups is 1. The maximum atomic E-state index is 12.6. The maximum absolute atomic E-state index is 12.6. The lowest BCUT2D eigenvalue weighted by Crippen LogP contribution is -2.37. The second-order valence-electron chi connectivity index (χ2n) is 6.64. The molecule has 7 heteroatoms. The predicted molar refractivity (Wildman–Crippen MR) is 103 cm³/mol. The lowest BCUT2D eigenvalue weighted by atomic mass is 10.2. The Labute approximate surface area is 160 Å². The number of aromatic nitrogens is 1. The van der Waals surface area contributed by atoms with E-state index < -0.39 is 6.61 Å². The Bertz CT molecular complexity index is 996. The zero-order chi connectivity index (χ0) is 19.5. The molecule has 5 nitrogen and oxygen atoms in total. The number of nitrogens with one attached hydrogen (secondary N) is 1. The summed E-state index contributed by atoms with van der Waals surface area (Å²) in [5.41, 5.74) is 1.73. The normalized spacial score (nSPS) is 16.5. The molecule has 1 atom stereocenters. The highest BCUT2D eigenvalue weighted by Crippen LogP contribution is 2.31.